The average molecular weight is 264 g/mol. The Morgan fingerprint density at radius 3 is 2.43 bits per heavy atom. The topological polar surface area (TPSA) is 20.3 Å². The van der Waals surface area contributed by atoms with E-state index in [0.717, 1.165) is 31.3 Å². The van der Waals surface area contributed by atoms with Crippen molar-refractivity contribution in [2.75, 3.05) is 18.4 Å². The van der Waals surface area contributed by atoms with Gasteiger partial charge in [0.1, 0.15) is 0 Å². The summed E-state index contributed by atoms with van der Waals surface area (Å²) in [4.78, 5) is 13.8. The minimum atomic E-state index is 0.306. The number of alkyl halides is 1. The third-order valence-electron chi connectivity index (χ3n) is 2.42. The van der Waals surface area contributed by atoms with E-state index in [2.05, 4.69) is 36.7 Å². The van der Waals surface area contributed by atoms with Crippen molar-refractivity contribution in [2.45, 2.75) is 40.0 Å². The van der Waals surface area contributed by atoms with Crippen LogP contribution in [0.2, 0.25) is 0 Å². The SMILES string of the molecule is CCCN(CCBr)C(=O)CC(C)CC. The number of halogens is 1. The Morgan fingerprint density at radius 1 is 1.36 bits per heavy atom. The van der Waals surface area contributed by atoms with Gasteiger partial charge in [-0.1, -0.05) is 43.1 Å². The van der Waals surface area contributed by atoms with E-state index in [-0.39, 0.29) is 0 Å². The van der Waals surface area contributed by atoms with Gasteiger partial charge in [-0.3, -0.25) is 4.79 Å². The van der Waals surface area contributed by atoms with E-state index in [9.17, 15) is 4.79 Å². The van der Waals surface area contributed by atoms with Gasteiger partial charge in [-0.2, -0.15) is 0 Å². The third kappa shape index (κ3) is 5.63. The maximum Gasteiger partial charge on any atom is 0.222 e. The number of hydrogen-bond donors (Lipinski definition) is 0. The predicted octanol–water partition coefficient (Wildman–Crippen LogP) is 3.06. The minimum Gasteiger partial charge on any atom is -0.342 e. The van der Waals surface area contributed by atoms with Gasteiger partial charge in [0, 0.05) is 24.8 Å². The number of amides is 1. The summed E-state index contributed by atoms with van der Waals surface area (Å²) in [5.41, 5.74) is 0. The molecule has 0 rings (SSSR count). The van der Waals surface area contributed by atoms with Crippen molar-refractivity contribution in [3.63, 3.8) is 0 Å². The maximum absolute atomic E-state index is 11.8. The first-order valence-electron chi connectivity index (χ1n) is 5.49. The van der Waals surface area contributed by atoms with E-state index >= 15 is 0 Å². The molecule has 0 radical (unpaired) electrons. The summed E-state index contributed by atoms with van der Waals surface area (Å²) in [5, 5.41) is 0.874. The summed E-state index contributed by atoms with van der Waals surface area (Å²) in [7, 11) is 0. The zero-order chi connectivity index (χ0) is 11.0. The van der Waals surface area contributed by atoms with Gasteiger partial charge in [0.25, 0.3) is 0 Å². The molecule has 0 spiro atoms. The Kier molecular flexibility index (Phi) is 8.24. The molecule has 0 saturated carbocycles. The quantitative estimate of drug-likeness (QED) is 0.647. The van der Waals surface area contributed by atoms with E-state index in [0.29, 0.717) is 18.2 Å². The average Bonchev–Trinajstić information content (AvgIpc) is 2.17. The molecule has 0 bridgehead atoms. The van der Waals surface area contributed by atoms with E-state index in [1.54, 1.807) is 0 Å². The number of hydrogen-bond acceptors (Lipinski definition) is 1. The Balaban J connectivity index is 4.00. The van der Waals surface area contributed by atoms with Gasteiger partial charge in [-0.15, -0.1) is 0 Å². The van der Waals surface area contributed by atoms with Crippen molar-refractivity contribution in [3.8, 4) is 0 Å². The predicted molar refractivity (Wildman–Crippen MR) is 64.7 cm³/mol. The lowest BCUT2D eigenvalue weighted by molar-refractivity contribution is -0.131. The summed E-state index contributed by atoms with van der Waals surface area (Å²) < 4.78 is 0. The molecule has 0 aliphatic rings. The lowest BCUT2D eigenvalue weighted by Crippen LogP contribution is -2.34. The minimum absolute atomic E-state index is 0.306. The van der Waals surface area contributed by atoms with Crippen LogP contribution in [0.1, 0.15) is 40.0 Å². The molecule has 0 aromatic carbocycles. The van der Waals surface area contributed by atoms with Crippen LogP contribution in [0.5, 0.6) is 0 Å². The van der Waals surface area contributed by atoms with Gasteiger partial charge in [0.05, 0.1) is 0 Å². The summed E-state index contributed by atoms with van der Waals surface area (Å²) in [6.07, 6.45) is 2.82. The van der Waals surface area contributed by atoms with Gasteiger partial charge < -0.3 is 4.90 Å². The third-order valence-corrected chi connectivity index (χ3v) is 2.78. The fraction of sp³-hybridized carbons (Fsp3) is 0.909. The number of nitrogens with zero attached hydrogens (tertiary/aromatic N) is 1. The van der Waals surface area contributed by atoms with Crippen LogP contribution in [0.3, 0.4) is 0 Å². The zero-order valence-corrected chi connectivity index (χ0v) is 11.1. The molecule has 0 aromatic rings. The van der Waals surface area contributed by atoms with Gasteiger partial charge in [0.2, 0.25) is 5.91 Å². The lowest BCUT2D eigenvalue weighted by Gasteiger charge is -2.22. The Bertz CT molecular complexity index is 155. The molecule has 1 unspecified atom stereocenters. The van der Waals surface area contributed by atoms with Crippen molar-refractivity contribution in [2.24, 2.45) is 5.92 Å². The highest BCUT2D eigenvalue weighted by Gasteiger charge is 2.14. The van der Waals surface area contributed by atoms with Gasteiger partial charge >= 0.3 is 0 Å². The summed E-state index contributed by atoms with van der Waals surface area (Å²) in [6.45, 7) is 8.10. The van der Waals surface area contributed by atoms with Crippen molar-refractivity contribution in [3.05, 3.63) is 0 Å². The van der Waals surface area contributed by atoms with Crippen LogP contribution >= 0.6 is 15.9 Å². The Hall–Kier alpha value is -0.0500. The van der Waals surface area contributed by atoms with Crippen LogP contribution < -0.4 is 0 Å². The van der Waals surface area contributed by atoms with Gasteiger partial charge in [-0.25, -0.2) is 0 Å². The Labute approximate surface area is 96.2 Å². The second kappa shape index (κ2) is 8.27. The fourth-order valence-electron chi connectivity index (χ4n) is 1.30. The highest BCUT2D eigenvalue weighted by Crippen LogP contribution is 2.09. The van der Waals surface area contributed by atoms with E-state index in [1.807, 2.05) is 4.90 Å². The molecule has 0 aromatic heterocycles. The first-order chi connectivity index (χ1) is 6.65. The molecule has 1 atom stereocenters. The van der Waals surface area contributed by atoms with Crippen molar-refractivity contribution < 1.29 is 4.79 Å². The molecule has 1 amide bonds. The van der Waals surface area contributed by atoms with Crippen LogP contribution in [-0.4, -0.2) is 29.2 Å². The standard InChI is InChI=1S/C11H22BrNO/c1-4-7-13(8-6-12)11(14)9-10(3)5-2/h10H,4-9H2,1-3H3. The molecule has 0 saturated heterocycles. The number of carbonyl (C=O) groups is 1. The molecule has 0 heterocycles. The molecule has 0 N–H and O–H groups in total. The number of carbonyl (C=O) groups excluding carboxylic acids is 1. The fourth-order valence-corrected chi connectivity index (χ4v) is 1.73. The molecular weight excluding hydrogens is 242 g/mol. The van der Waals surface area contributed by atoms with Crippen molar-refractivity contribution in [1.82, 2.24) is 4.90 Å². The van der Waals surface area contributed by atoms with E-state index < -0.39 is 0 Å². The largest absolute Gasteiger partial charge is 0.342 e. The van der Waals surface area contributed by atoms with E-state index in [4.69, 9.17) is 0 Å². The van der Waals surface area contributed by atoms with E-state index in [1.165, 1.54) is 0 Å². The van der Waals surface area contributed by atoms with Crippen molar-refractivity contribution >= 4 is 21.8 Å². The monoisotopic (exact) mass is 263 g/mol. The highest BCUT2D eigenvalue weighted by molar-refractivity contribution is 9.09. The Morgan fingerprint density at radius 2 is 2.00 bits per heavy atom. The second-order valence-electron chi connectivity index (χ2n) is 3.79. The van der Waals surface area contributed by atoms with Gasteiger partial charge in [-0.05, 0) is 12.3 Å². The molecule has 0 aliphatic heterocycles. The number of rotatable bonds is 7. The molecule has 2 nitrogen and oxygen atoms in total. The van der Waals surface area contributed by atoms with Crippen LogP contribution in [0.25, 0.3) is 0 Å². The summed E-state index contributed by atoms with van der Waals surface area (Å²) in [6, 6.07) is 0. The van der Waals surface area contributed by atoms with Crippen LogP contribution in [0.4, 0.5) is 0 Å². The van der Waals surface area contributed by atoms with Crippen LogP contribution in [0.15, 0.2) is 0 Å². The normalized spacial score (nSPS) is 12.6. The smallest absolute Gasteiger partial charge is 0.222 e. The maximum atomic E-state index is 11.8. The summed E-state index contributed by atoms with van der Waals surface area (Å²) >= 11 is 3.38. The first-order valence-corrected chi connectivity index (χ1v) is 6.61. The van der Waals surface area contributed by atoms with Gasteiger partial charge in [0.15, 0.2) is 0 Å². The molecule has 3 heteroatoms. The molecule has 0 aliphatic carbocycles. The van der Waals surface area contributed by atoms with Crippen LogP contribution in [-0.2, 0) is 4.79 Å². The zero-order valence-electron chi connectivity index (χ0n) is 9.55. The molecule has 84 valence electrons. The first kappa shape index (κ1) is 13.9. The van der Waals surface area contributed by atoms with Crippen LogP contribution in [0, 0.1) is 5.92 Å². The lowest BCUT2D eigenvalue weighted by atomic mass is 10.0. The highest BCUT2D eigenvalue weighted by atomic mass is 79.9. The molecular formula is C11H22BrNO. The molecule has 14 heavy (non-hydrogen) atoms. The molecule has 0 fully saturated rings. The van der Waals surface area contributed by atoms with Crippen molar-refractivity contribution in [1.29, 1.82) is 0 Å². The summed E-state index contributed by atoms with van der Waals surface area (Å²) in [5.74, 6) is 0.817. The second-order valence-corrected chi connectivity index (χ2v) is 4.58.